The van der Waals surface area contributed by atoms with E-state index in [2.05, 4.69) is 58.8 Å². The first-order chi connectivity index (χ1) is 16.6. The molecule has 1 unspecified atom stereocenters. The molecule has 1 aliphatic carbocycles. The minimum absolute atomic E-state index is 0.0715. The van der Waals surface area contributed by atoms with E-state index >= 15 is 0 Å². The molecule has 6 nitrogen and oxygen atoms in total. The van der Waals surface area contributed by atoms with E-state index in [1.54, 1.807) is 23.9 Å². The van der Waals surface area contributed by atoms with Crippen LogP contribution in [0, 0.1) is 5.92 Å². The fourth-order valence-corrected chi connectivity index (χ4v) is 4.69. The third-order valence-electron chi connectivity index (χ3n) is 6.71. The van der Waals surface area contributed by atoms with Crippen LogP contribution < -0.4 is 5.32 Å². The maximum absolute atomic E-state index is 9.88. The number of imidazole rings is 1. The van der Waals surface area contributed by atoms with Crippen LogP contribution in [-0.2, 0) is 0 Å². The smallest absolute Gasteiger partial charge is 0.137 e. The highest BCUT2D eigenvalue weighted by Crippen LogP contribution is 2.41. The third kappa shape index (κ3) is 5.83. The van der Waals surface area contributed by atoms with Gasteiger partial charge in [-0.15, -0.1) is 0 Å². The monoisotopic (exact) mass is 461 g/mol. The van der Waals surface area contributed by atoms with Crippen molar-refractivity contribution >= 4 is 6.08 Å². The number of aliphatic hydroxyl groups is 3. The highest BCUT2D eigenvalue weighted by atomic mass is 16.3. The molecule has 0 saturated heterocycles. The van der Waals surface area contributed by atoms with Crippen LogP contribution in [0.25, 0.3) is 17.2 Å². The van der Waals surface area contributed by atoms with Crippen LogP contribution >= 0.6 is 0 Å². The van der Waals surface area contributed by atoms with E-state index in [4.69, 9.17) is 5.11 Å². The lowest BCUT2D eigenvalue weighted by Crippen LogP contribution is -2.33. The van der Waals surface area contributed by atoms with Crippen LogP contribution in [0.2, 0.25) is 0 Å². The molecule has 180 valence electrons. The maximum Gasteiger partial charge on any atom is 0.137 e. The molecule has 6 heteroatoms. The Morgan fingerprint density at radius 1 is 1.06 bits per heavy atom. The van der Waals surface area contributed by atoms with Gasteiger partial charge in [-0.1, -0.05) is 60.7 Å². The number of nitrogens with one attached hydrogen (secondary N) is 1. The molecule has 34 heavy (non-hydrogen) atoms. The van der Waals surface area contributed by atoms with E-state index in [0.29, 0.717) is 18.3 Å². The Labute approximate surface area is 201 Å². The van der Waals surface area contributed by atoms with Gasteiger partial charge in [0.25, 0.3) is 0 Å². The van der Waals surface area contributed by atoms with Gasteiger partial charge in [0.15, 0.2) is 0 Å². The number of nitrogens with zero attached hydrogens (tertiary/aromatic N) is 2. The zero-order chi connectivity index (χ0) is 23.9. The molecule has 1 heterocycles. The van der Waals surface area contributed by atoms with Crippen molar-refractivity contribution in [3.05, 3.63) is 84.0 Å². The molecule has 4 N–H and O–H groups in total. The number of aliphatic hydroxyl groups excluding tert-OH is 3. The molecule has 1 fully saturated rings. The van der Waals surface area contributed by atoms with Crippen molar-refractivity contribution in [2.45, 2.75) is 37.8 Å². The molecule has 0 spiro atoms. The molecule has 1 aromatic heterocycles. The predicted molar refractivity (Wildman–Crippen MR) is 135 cm³/mol. The molecule has 2 atom stereocenters. The molecule has 0 radical (unpaired) electrons. The summed E-state index contributed by atoms with van der Waals surface area (Å²) in [4.78, 5) is 4.19. The van der Waals surface area contributed by atoms with Gasteiger partial charge in [-0.05, 0) is 60.4 Å². The van der Waals surface area contributed by atoms with Crippen LogP contribution in [0.5, 0.6) is 0 Å². The van der Waals surface area contributed by atoms with E-state index in [1.165, 1.54) is 29.5 Å². The lowest BCUT2D eigenvalue weighted by Gasteiger charge is -2.36. The molecular formula is C28H35N3O3. The standard InChI is InChI=1S/C28H35N3O3/c1-20(34)28-30-12-14-31(28)27(19-33)11-4-21-2-5-23(6-3-21)24-7-9-25(10-8-24)26-16-22(17-26)18-29-13-15-32/h2-12,14,20,22,26-27,29,32-34H,13,15-19H2,1H3/b11-4+/t20-,22?,26?,27?/m0/s1. The Balaban J connectivity index is 1.35. The normalized spacial score (nSPS) is 19.8. The number of benzene rings is 2. The third-order valence-corrected chi connectivity index (χ3v) is 6.71. The van der Waals surface area contributed by atoms with Crippen molar-refractivity contribution in [1.82, 2.24) is 14.9 Å². The van der Waals surface area contributed by atoms with Crippen LogP contribution in [0.4, 0.5) is 0 Å². The Kier molecular flexibility index (Phi) is 8.29. The first-order valence-electron chi connectivity index (χ1n) is 12.1. The highest BCUT2D eigenvalue weighted by Gasteiger charge is 2.29. The summed E-state index contributed by atoms with van der Waals surface area (Å²) < 4.78 is 1.80. The summed E-state index contributed by atoms with van der Waals surface area (Å²) in [6, 6.07) is 17.0. The Morgan fingerprint density at radius 3 is 2.35 bits per heavy atom. The van der Waals surface area contributed by atoms with Crippen LogP contribution in [0.1, 0.15) is 54.8 Å². The van der Waals surface area contributed by atoms with E-state index in [-0.39, 0.29) is 19.3 Å². The number of aromatic nitrogens is 2. The largest absolute Gasteiger partial charge is 0.395 e. The lowest BCUT2D eigenvalue weighted by atomic mass is 9.71. The van der Waals surface area contributed by atoms with Gasteiger partial charge in [0, 0.05) is 18.9 Å². The van der Waals surface area contributed by atoms with E-state index in [1.807, 2.05) is 12.2 Å². The first-order valence-corrected chi connectivity index (χ1v) is 12.1. The number of hydrogen-bond acceptors (Lipinski definition) is 5. The van der Waals surface area contributed by atoms with Crippen molar-refractivity contribution < 1.29 is 15.3 Å². The second-order valence-corrected chi connectivity index (χ2v) is 9.18. The van der Waals surface area contributed by atoms with Gasteiger partial charge >= 0.3 is 0 Å². The predicted octanol–water partition coefficient (Wildman–Crippen LogP) is 3.93. The van der Waals surface area contributed by atoms with Crippen molar-refractivity contribution in [2.75, 3.05) is 26.3 Å². The van der Waals surface area contributed by atoms with Gasteiger partial charge < -0.3 is 25.2 Å². The first kappa shape index (κ1) is 24.4. The van der Waals surface area contributed by atoms with E-state index < -0.39 is 6.10 Å². The summed E-state index contributed by atoms with van der Waals surface area (Å²) in [6.45, 7) is 3.48. The average Bonchev–Trinajstić information content (AvgIpc) is 3.32. The lowest BCUT2D eigenvalue weighted by molar-refractivity contribution is 0.175. The van der Waals surface area contributed by atoms with Crippen LogP contribution in [0.3, 0.4) is 0 Å². The average molecular weight is 462 g/mol. The van der Waals surface area contributed by atoms with Crippen molar-refractivity contribution in [1.29, 1.82) is 0 Å². The van der Waals surface area contributed by atoms with Gasteiger partial charge in [0.05, 0.1) is 19.3 Å². The van der Waals surface area contributed by atoms with Crippen molar-refractivity contribution in [3.63, 3.8) is 0 Å². The minimum atomic E-state index is -0.692. The summed E-state index contributed by atoms with van der Waals surface area (Å²) >= 11 is 0. The Bertz CT molecular complexity index is 1050. The topological polar surface area (TPSA) is 90.5 Å². The van der Waals surface area contributed by atoms with E-state index in [9.17, 15) is 10.2 Å². The zero-order valence-corrected chi connectivity index (χ0v) is 19.7. The summed E-state index contributed by atoms with van der Waals surface area (Å²) in [7, 11) is 0. The van der Waals surface area contributed by atoms with Gasteiger partial charge in [-0.25, -0.2) is 4.98 Å². The summed E-state index contributed by atoms with van der Waals surface area (Å²) in [5, 5.41) is 31.9. The molecule has 1 aliphatic rings. The molecule has 3 aromatic rings. The maximum atomic E-state index is 9.88. The van der Waals surface area contributed by atoms with E-state index in [0.717, 1.165) is 18.0 Å². The summed E-state index contributed by atoms with van der Waals surface area (Å²) in [5.74, 6) is 1.90. The number of rotatable bonds is 11. The molecule has 0 amide bonds. The van der Waals surface area contributed by atoms with Crippen LogP contribution in [-0.4, -0.2) is 51.2 Å². The molecule has 4 rings (SSSR count). The second kappa shape index (κ2) is 11.6. The SMILES string of the molecule is C[C@H](O)c1nccn1C(/C=C/c1ccc(-c2ccc(C3CC(CNCCO)C3)cc2)cc1)CO. The van der Waals surface area contributed by atoms with Crippen molar-refractivity contribution in [2.24, 2.45) is 5.92 Å². The Hall–Kier alpha value is -2.77. The molecular weight excluding hydrogens is 426 g/mol. The molecule has 0 bridgehead atoms. The fraction of sp³-hybridized carbons (Fsp3) is 0.393. The summed E-state index contributed by atoms with van der Waals surface area (Å²) in [6.07, 6.45) is 9.07. The molecule has 2 aromatic carbocycles. The minimum Gasteiger partial charge on any atom is -0.395 e. The summed E-state index contributed by atoms with van der Waals surface area (Å²) in [5.41, 5.74) is 4.83. The fourth-order valence-electron chi connectivity index (χ4n) is 4.69. The molecule has 1 saturated carbocycles. The van der Waals surface area contributed by atoms with Crippen LogP contribution in [0.15, 0.2) is 67.0 Å². The zero-order valence-electron chi connectivity index (χ0n) is 19.7. The van der Waals surface area contributed by atoms with Gasteiger partial charge in [0.1, 0.15) is 11.9 Å². The number of hydrogen-bond donors (Lipinski definition) is 4. The van der Waals surface area contributed by atoms with Crippen molar-refractivity contribution in [3.8, 4) is 11.1 Å². The van der Waals surface area contributed by atoms with Gasteiger partial charge in [-0.3, -0.25) is 0 Å². The highest BCUT2D eigenvalue weighted by molar-refractivity contribution is 5.66. The van der Waals surface area contributed by atoms with Gasteiger partial charge in [-0.2, -0.15) is 0 Å². The molecule has 0 aliphatic heterocycles. The van der Waals surface area contributed by atoms with Gasteiger partial charge in [0.2, 0.25) is 0 Å². The Morgan fingerprint density at radius 2 is 1.74 bits per heavy atom. The second-order valence-electron chi connectivity index (χ2n) is 9.18. The quantitative estimate of drug-likeness (QED) is 0.325.